The largest absolute Gasteiger partial charge is 0.460 e. The van der Waals surface area contributed by atoms with E-state index in [1.165, 1.54) is 24.3 Å². The molecular formula is C22H17ClFNO6S. The van der Waals surface area contributed by atoms with E-state index >= 15 is 0 Å². The molecule has 4 rings (SSSR count). The smallest absolute Gasteiger partial charge is 0.338 e. The third-order valence-corrected chi connectivity index (χ3v) is 6.12. The van der Waals surface area contributed by atoms with Crippen LogP contribution in [-0.4, -0.2) is 14.4 Å². The van der Waals surface area contributed by atoms with E-state index in [4.69, 9.17) is 31.0 Å². The number of halogens is 2. The van der Waals surface area contributed by atoms with E-state index in [1.807, 2.05) is 30.3 Å². The van der Waals surface area contributed by atoms with Gasteiger partial charge in [-0.15, -0.1) is 0 Å². The zero-order valence-electron chi connectivity index (χ0n) is 16.5. The summed E-state index contributed by atoms with van der Waals surface area (Å²) in [5, 5.41) is 4.99. The minimum atomic E-state index is -4.13. The van der Waals surface area contributed by atoms with Gasteiger partial charge in [-0.3, -0.25) is 0 Å². The second-order valence-corrected chi connectivity index (χ2v) is 8.93. The highest BCUT2D eigenvalue weighted by Crippen LogP contribution is 2.37. The molecule has 166 valence electrons. The maximum atomic E-state index is 14.1. The zero-order valence-corrected chi connectivity index (χ0v) is 18.0. The summed E-state index contributed by atoms with van der Waals surface area (Å²) in [4.78, 5) is 12.1. The van der Waals surface area contributed by atoms with E-state index in [1.54, 1.807) is 0 Å². The average Bonchev–Trinajstić information content (AvgIpc) is 2.77. The Kier molecular flexibility index (Phi) is 6.16. The van der Waals surface area contributed by atoms with Gasteiger partial charge in [0.25, 0.3) is 0 Å². The summed E-state index contributed by atoms with van der Waals surface area (Å²) in [6.45, 7) is -0.198. The van der Waals surface area contributed by atoms with E-state index in [0.29, 0.717) is 16.9 Å². The molecule has 10 heteroatoms. The molecule has 0 aromatic heterocycles. The monoisotopic (exact) mass is 477 g/mol. The third-order valence-electron chi connectivity index (χ3n) is 4.73. The first-order chi connectivity index (χ1) is 15.2. The van der Waals surface area contributed by atoms with Crippen LogP contribution in [-0.2, 0) is 32.7 Å². The van der Waals surface area contributed by atoms with Gasteiger partial charge in [0.15, 0.2) is 0 Å². The van der Waals surface area contributed by atoms with E-state index in [9.17, 15) is 17.6 Å². The van der Waals surface area contributed by atoms with Crippen molar-refractivity contribution >= 4 is 27.6 Å². The first kappa shape index (κ1) is 22.2. The molecule has 3 aromatic carbocycles. The molecule has 0 radical (unpaired) electrons. The van der Waals surface area contributed by atoms with Crippen LogP contribution in [0.5, 0.6) is 5.75 Å². The fourth-order valence-corrected chi connectivity index (χ4v) is 4.30. The highest BCUT2D eigenvalue weighted by atomic mass is 35.5. The number of hydrogen-bond acceptors (Lipinski definition) is 6. The van der Waals surface area contributed by atoms with Crippen LogP contribution < -0.4 is 9.88 Å². The van der Waals surface area contributed by atoms with Crippen molar-refractivity contribution in [1.29, 1.82) is 0 Å². The predicted octanol–water partition coefficient (Wildman–Crippen LogP) is 4.09. The van der Waals surface area contributed by atoms with Crippen molar-refractivity contribution in [1.82, 2.24) is 0 Å². The van der Waals surface area contributed by atoms with Gasteiger partial charge in [0.1, 0.15) is 23.1 Å². The fraction of sp³-hybridized carbons (Fsp3) is 0.136. The van der Waals surface area contributed by atoms with Crippen LogP contribution in [0.2, 0.25) is 5.02 Å². The number of esters is 1. The molecule has 0 fully saturated rings. The number of benzene rings is 3. The van der Waals surface area contributed by atoms with Crippen LogP contribution in [0.1, 0.15) is 33.3 Å². The molecule has 1 aliphatic rings. The lowest BCUT2D eigenvalue weighted by molar-refractivity contribution is -0.112. The van der Waals surface area contributed by atoms with E-state index in [2.05, 4.69) is 0 Å². The Labute approximate surface area is 188 Å². The number of nitrogens with two attached hydrogens (primary N) is 1. The van der Waals surface area contributed by atoms with Gasteiger partial charge in [0.05, 0.1) is 17.2 Å². The topological polar surface area (TPSA) is 105 Å². The number of ether oxygens (including phenoxy) is 3. The second-order valence-electron chi connectivity index (χ2n) is 6.99. The zero-order chi connectivity index (χ0) is 22.9. The van der Waals surface area contributed by atoms with E-state index < -0.39 is 33.0 Å². The normalized spacial score (nSPS) is 15.5. The maximum absolute atomic E-state index is 14.1. The molecule has 0 spiro atoms. The number of sulfonamides is 1. The molecule has 0 unspecified atom stereocenters. The van der Waals surface area contributed by atoms with Crippen molar-refractivity contribution in [2.45, 2.75) is 24.4 Å². The van der Waals surface area contributed by atoms with Crippen LogP contribution in [0.4, 0.5) is 4.39 Å². The summed E-state index contributed by atoms with van der Waals surface area (Å²) in [7, 11) is -4.13. The molecule has 7 nitrogen and oxygen atoms in total. The summed E-state index contributed by atoms with van der Waals surface area (Å²) >= 11 is 5.84. The Hall–Kier alpha value is -2.98. The van der Waals surface area contributed by atoms with Crippen LogP contribution in [0.3, 0.4) is 0 Å². The van der Waals surface area contributed by atoms with Crippen molar-refractivity contribution in [2.24, 2.45) is 5.14 Å². The minimum Gasteiger partial charge on any atom is -0.460 e. The minimum absolute atomic E-state index is 0.0740. The Bertz CT molecular complexity index is 1280. The lowest BCUT2D eigenvalue weighted by Gasteiger charge is -2.28. The van der Waals surface area contributed by atoms with Crippen LogP contribution in [0.25, 0.3) is 0 Å². The molecule has 1 heterocycles. The van der Waals surface area contributed by atoms with Crippen molar-refractivity contribution < 1.29 is 31.8 Å². The van der Waals surface area contributed by atoms with Crippen LogP contribution >= 0.6 is 11.6 Å². The van der Waals surface area contributed by atoms with E-state index in [0.717, 1.165) is 11.6 Å². The summed E-state index contributed by atoms with van der Waals surface area (Å²) in [6, 6.07) is 15.3. The third kappa shape index (κ3) is 4.76. The van der Waals surface area contributed by atoms with Gasteiger partial charge in [-0.2, -0.15) is 0 Å². The average molecular weight is 478 g/mol. The molecule has 0 bridgehead atoms. The number of carbonyl (C=O) groups excluding carboxylic acids is 1. The first-order valence-corrected chi connectivity index (χ1v) is 11.3. The number of fused-ring (bicyclic) bond motifs is 1. The van der Waals surface area contributed by atoms with Crippen molar-refractivity contribution in [3.8, 4) is 5.75 Å². The second kappa shape index (κ2) is 8.87. The Morgan fingerprint density at radius 1 is 1.16 bits per heavy atom. The quantitative estimate of drug-likeness (QED) is 0.555. The SMILES string of the molecule is NS(=O)(=O)c1cc(C(=O)OCc2cc(F)cc3c2O[C@@H](c2ccccc2)OC3)ccc1Cl. The van der Waals surface area contributed by atoms with Gasteiger partial charge in [0.2, 0.25) is 16.3 Å². The molecule has 0 saturated carbocycles. The van der Waals surface area contributed by atoms with Crippen molar-refractivity contribution in [3.63, 3.8) is 0 Å². The molecular weight excluding hydrogens is 461 g/mol. The summed E-state index contributed by atoms with van der Waals surface area (Å²) in [6.07, 6.45) is -0.697. The molecule has 0 saturated heterocycles. The van der Waals surface area contributed by atoms with Crippen LogP contribution in [0, 0.1) is 5.82 Å². The van der Waals surface area contributed by atoms with Crippen molar-refractivity contribution in [3.05, 3.63) is 93.8 Å². The van der Waals surface area contributed by atoms with Crippen molar-refractivity contribution in [2.75, 3.05) is 0 Å². The lowest BCUT2D eigenvalue weighted by atomic mass is 10.1. The summed E-state index contributed by atoms with van der Waals surface area (Å²) in [5.74, 6) is -1.01. The highest BCUT2D eigenvalue weighted by molar-refractivity contribution is 7.89. The Morgan fingerprint density at radius 2 is 1.91 bits per heavy atom. The fourth-order valence-electron chi connectivity index (χ4n) is 3.23. The number of hydrogen-bond donors (Lipinski definition) is 1. The summed E-state index contributed by atoms with van der Waals surface area (Å²) < 4.78 is 54.2. The first-order valence-electron chi connectivity index (χ1n) is 9.36. The van der Waals surface area contributed by atoms with Gasteiger partial charge in [-0.05, 0) is 30.3 Å². The van der Waals surface area contributed by atoms with Gasteiger partial charge in [-0.25, -0.2) is 22.7 Å². The lowest BCUT2D eigenvalue weighted by Crippen LogP contribution is -2.20. The number of primary sulfonamides is 1. The highest BCUT2D eigenvalue weighted by Gasteiger charge is 2.26. The van der Waals surface area contributed by atoms with Gasteiger partial charge < -0.3 is 14.2 Å². The molecule has 3 aromatic rings. The Morgan fingerprint density at radius 3 is 2.62 bits per heavy atom. The van der Waals surface area contributed by atoms with Gasteiger partial charge >= 0.3 is 5.97 Å². The number of rotatable bonds is 5. The number of carbonyl (C=O) groups is 1. The van der Waals surface area contributed by atoms with Gasteiger partial charge in [0, 0.05) is 16.7 Å². The maximum Gasteiger partial charge on any atom is 0.338 e. The molecule has 32 heavy (non-hydrogen) atoms. The predicted molar refractivity (Wildman–Crippen MR) is 113 cm³/mol. The standard InChI is InChI=1S/C22H17ClFNO6S/c23-18-7-6-14(10-19(18)32(25,27)28)21(26)29-11-15-8-17(24)9-16-12-30-22(31-20(15)16)13-4-2-1-3-5-13/h1-10,22H,11-12H2,(H2,25,27,28)/t22-/m0/s1. The molecule has 2 N–H and O–H groups in total. The molecule has 1 aliphatic heterocycles. The molecule has 0 amide bonds. The van der Waals surface area contributed by atoms with E-state index in [-0.39, 0.29) is 23.8 Å². The Balaban J connectivity index is 1.56. The molecule has 0 aliphatic carbocycles. The van der Waals surface area contributed by atoms with Crippen LogP contribution in [0.15, 0.2) is 65.6 Å². The van der Waals surface area contributed by atoms with Gasteiger partial charge in [-0.1, -0.05) is 41.9 Å². The summed E-state index contributed by atoms with van der Waals surface area (Å²) in [5.41, 5.74) is 1.49. The molecule has 1 atom stereocenters.